The van der Waals surface area contributed by atoms with Crippen LogP contribution in [-0.4, -0.2) is 22.0 Å². The van der Waals surface area contributed by atoms with Crippen LogP contribution in [0.5, 0.6) is 0 Å². The van der Waals surface area contributed by atoms with Crippen LogP contribution >= 0.6 is 43.2 Å². The molecule has 0 aliphatic rings. The maximum absolute atomic E-state index is 12.0. The number of aromatic nitrogens is 1. The maximum atomic E-state index is 12.0. The lowest BCUT2D eigenvalue weighted by molar-refractivity contribution is 0.0698. The van der Waals surface area contributed by atoms with Crippen LogP contribution in [0, 0.1) is 0 Å². The van der Waals surface area contributed by atoms with Crippen molar-refractivity contribution in [2.24, 2.45) is 0 Å². The van der Waals surface area contributed by atoms with Crippen LogP contribution in [0.4, 0.5) is 5.69 Å². The molecule has 19 heavy (non-hydrogen) atoms. The van der Waals surface area contributed by atoms with Gasteiger partial charge in [0.1, 0.15) is 0 Å². The number of carboxylic acids is 1. The first-order valence-electron chi connectivity index (χ1n) is 4.92. The Balaban J connectivity index is 2.26. The van der Waals surface area contributed by atoms with Crippen LogP contribution in [0.1, 0.15) is 20.0 Å². The Bertz CT molecular complexity index is 638. The third kappa shape index (κ3) is 3.20. The summed E-state index contributed by atoms with van der Waals surface area (Å²) >= 11 is 7.82. The quantitative estimate of drug-likeness (QED) is 0.817. The number of carbonyl (C=O) groups excluding carboxylic acids is 1. The Hall–Kier alpha value is -1.25. The minimum absolute atomic E-state index is 0.00182. The summed E-state index contributed by atoms with van der Waals surface area (Å²) in [4.78, 5) is 27.3. The monoisotopic (exact) mass is 404 g/mol. The molecule has 0 saturated carbocycles. The van der Waals surface area contributed by atoms with Crippen LogP contribution < -0.4 is 5.32 Å². The van der Waals surface area contributed by atoms with E-state index >= 15 is 0 Å². The van der Waals surface area contributed by atoms with Crippen molar-refractivity contribution >= 4 is 60.8 Å². The lowest BCUT2D eigenvalue weighted by atomic mass is 10.2. The van der Waals surface area contributed by atoms with Crippen LogP contribution in [0.3, 0.4) is 0 Å². The minimum Gasteiger partial charge on any atom is -0.478 e. The SMILES string of the molecule is O=C(Nc1cnccc1C(=O)O)c1cc(Br)c(Br)s1. The second kappa shape index (κ2) is 5.81. The van der Waals surface area contributed by atoms with Gasteiger partial charge in [-0.25, -0.2) is 4.79 Å². The number of carbonyl (C=O) groups is 2. The van der Waals surface area contributed by atoms with Crippen LogP contribution in [0.2, 0.25) is 0 Å². The molecule has 0 saturated heterocycles. The molecule has 1 amide bonds. The first-order chi connectivity index (χ1) is 8.99. The molecule has 0 aliphatic heterocycles. The number of anilines is 1. The molecule has 8 heteroatoms. The lowest BCUT2D eigenvalue weighted by Crippen LogP contribution is -2.13. The molecule has 0 bridgehead atoms. The fraction of sp³-hybridized carbons (Fsp3) is 0. The Labute approximate surface area is 128 Å². The zero-order chi connectivity index (χ0) is 14.0. The summed E-state index contributed by atoms with van der Waals surface area (Å²) in [5, 5.41) is 11.5. The van der Waals surface area contributed by atoms with Gasteiger partial charge in [0.2, 0.25) is 0 Å². The Morgan fingerprint density at radius 1 is 1.37 bits per heavy atom. The second-order valence-electron chi connectivity index (χ2n) is 3.41. The largest absolute Gasteiger partial charge is 0.478 e. The number of nitrogens with one attached hydrogen (secondary N) is 1. The summed E-state index contributed by atoms with van der Waals surface area (Å²) < 4.78 is 1.56. The molecule has 0 unspecified atom stereocenters. The Morgan fingerprint density at radius 3 is 2.68 bits per heavy atom. The van der Waals surface area contributed by atoms with Crippen molar-refractivity contribution in [2.45, 2.75) is 0 Å². The number of aromatic carboxylic acids is 1. The number of rotatable bonds is 3. The molecule has 98 valence electrons. The molecular weight excluding hydrogens is 400 g/mol. The van der Waals surface area contributed by atoms with E-state index in [4.69, 9.17) is 5.11 Å². The topological polar surface area (TPSA) is 79.3 Å². The third-order valence-corrected chi connectivity index (χ3v) is 5.42. The highest BCUT2D eigenvalue weighted by Crippen LogP contribution is 2.32. The van der Waals surface area contributed by atoms with Crippen LogP contribution in [0.15, 0.2) is 32.8 Å². The highest BCUT2D eigenvalue weighted by Gasteiger charge is 2.16. The molecule has 0 radical (unpaired) electrons. The molecule has 0 aliphatic carbocycles. The van der Waals surface area contributed by atoms with Gasteiger partial charge in [-0.2, -0.15) is 0 Å². The van der Waals surface area contributed by atoms with Crippen molar-refractivity contribution in [2.75, 3.05) is 5.32 Å². The van der Waals surface area contributed by atoms with Gasteiger partial charge in [0.25, 0.3) is 5.91 Å². The smallest absolute Gasteiger partial charge is 0.337 e. The van der Waals surface area contributed by atoms with Crippen molar-refractivity contribution in [1.82, 2.24) is 4.98 Å². The van der Waals surface area contributed by atoms with Gasteiger partial charge < -0.3 is 10.4 Å². The fourth-order valence-electron chi connectivity index (χ4n) is 1.32. The van der Waals surface area contributed by atoms with E-state index in [0.29, 0.717) is 4.88 Å². The first-order valence-corrected chi connectivity index (χ1v) is 7.32. The van der Waals surface area contributed by atoms with Gasteiger partial charge in [0.05, 0.1) is 26.1 Å². The van der Waals surface area contributed by atoms with E-state index in [9.17, 15) is 9.59 Å². The summed E-state index contributed by atoms with van der Waals surface area (Å²) in [6, 6.07) is 2.99. The van der Waals surface area contributed by atoms with E-state index < -0.39 is 5.97 Å². The molecule has 2 heterocycles. The average molecular weight is 406 g/mol. The summed E-state index contributed by atoms with van der Waals surface area (Å²) in [6.45, 7) is 0. The number of amides is 1. The highest BCUT2D eigenvalue weighted by molar-refractivity contribution is 9.13. The number of halogens is 2. The zero-order valence-corrected chi connectivity index (χ0v) is 13.2. The normalized spacial score (nSPS) is 10.2. The number of nitrogens with zero attached hydrogens (tertiary/aromatic N) is 1. The van der Waals surface area contributed by atoms with Crippen molar-refractivity contribution in [3.63, 3.8) is 0 Å². The maximum Gasteiger partial charge on any atom is 0.337 e. The lowest BCUT2D eigenvalue weighted by Gasteiger charge is -2.06. The van der Waals surface area contributed by atoms with E-state index in [0.717, 1.165) is 8.26 Å². The molecule has 2 aromatic rings. The molecule has 2 N–H and O–H groups in total. The van der Waals surface area contributed by atoms with E-state index in [-0.39, 0.29) is 17.2 Å². The molecule has 0 spiro atoms. The second-order valence-corrected chi connectivity index (χ2v) is 6.64. The summed E-state index contributed by atoms with van der Waals surface area (Å²) in [5.41, 5.74) is 0.165. The van der Waals surface area contributed by atoms with E-state index in [1.165, 1.54) is 29.8 Å². The first kappa shape index (κ1) is 14.2. The standard InChI is InChI=1S/C11H6Br2N2O3S/c12-6-3-8(19-9(6)13)10(16)15-7-4-14-2-1-5(7)11(17)18/h1-4H,(H,15,16)(H,17,18). The van der Waals surface area contributed by atoms with Crippen molar-refractivity contribution in [3.05, 3.63) is 43.2 Å². The van der Waals surface area contributed by atoms with Crippen LogP contribution in [0.25, 0.3) is 0 Å². The molecule has 2 rings (SSSR count). The van der Waals surface area contributed by atoms with Crippen molar-refractivity contribution in [3.8, 4) is 0 Å². The predicted octanol–water partition coefficient (Wildman–Crippen LogP) is 3.62. The van der Waals surface area contributed by atoms with Gasteiger partial charge >= 0.3 is 5.97 Å². The molecule has 5 nitrogen and oxygen atoms in total. The Kier molecular flexibility index (Phi) is 4.33. The van der Waals surface area contributed by atoms with E-state index in [1.807, 2.05) is 0 Å². The van der Waals surface area contributed by atoms with Gasteiger partial charge in [-0.1, -0.05) is 0 Å². The third-order valence-electron chi connectivity index (χ3n) is 2.17. The number of thiophene rings is 1. The number of carboxylic acid groups (broad SMARTS) is 1. The fourth-order valence-corrected chi connectivity index (χ4v) is 3.25. The number of pyridine rings is 1. The zero-order valence-electron chi connectivity index (χ0n) is 9.18. The van der Waals surface area contributed by atoms with E-state index in [1.54, 1.807) is 6.07 Å². The van der Waals surface area contributed by atoms with Crippen molar-refractivity contribution in [1.29, 1.82) is 0 Å². The Morgan fingerprint density at radius 2 is 2.11 bits per heavy atom. The van der Waals surface area contributed by atoms with E-state index in [2.05, 4.69) is 42.2 Å². The van der Waals surface area contributed by atoms with Gasteiger partial charge in [-0.05, 0) is 44.0 Å². The summed E-state index contributed by atoms with van der Waals surface area (Å²) in [6.07, 6.45) is 2.66. The van der Waals surface area contributed by atoms with Gasteiger partial charge in [-0.3, -0.25) is 9.78 Å². The summed E-state index contributed by atoms with van der Waals surface area (Å²) in [5.74, 6) is -1.50. The molecular formula is C11H6Br2N2O3S. The number of hydrogen-bond acceptors (Lipinski definition) is 4. The minimum atomic E-state index is -1.12. The van der Waals surface area contributed by atoms with Gasteiger partial charge in [0, 0.05) is 10.7 Å². The molecule has 0 fully saturated rings. The van der Waals surface area contributed by atoms with Gasteiger partial charge in [-0.15, -0.1) is 11.3 Å². The molecule has 0 aromatic carbocycles. The molecule has 0 atom stereocenters. The van der Waals surface area contributed by atoms with Crippen LogP contribution in [-0.2, 0) is 0 Å². The molecule has 2 aromatic heterocycles. The number of hydrogen-bond donors (Lipinski definition) is 2. The van der Waals surface area contributed by atoms with Gasteiger partial charge in [0.15, 0.2) is 0 Å². The average Bonchev–Trinajstić information content (AvgIpc) is 2.70. The summed E-state index contributed by atoms with van der Waals surface area (Å²) in [7, 11) is 0. The highest BCUT2D eigenvalue weighted by atomic mass is 79.9. The van der Waals surface area contributed by atoms with Crippen molar-refractivity contribution < 1.29 is 14.7 Å². The predicted molar refractivity (Wildman–Crippen MR) is 78.9 cm³/mol.